The Morgan fingerprint density at radius 2 is 1.68 bits per heavy atom. The molecule has 0 aliphatic heterocycles. The van der Waals surface area contributed by atoms with Crippen molar-refractivity contribution in [3.63, 3.8) is 0 Å². The Labute approximate surface area is 125 Å². The zero-order chi connectivity index (χ0) is 13.9. The molecule has 0 spiro atoms. The first-order chi connectivity index (χ1) is 9.27. The molecule has 1 rings (SSSR count). The van der Waals surface area contributed by atoms with Gasteiger partial charge < -0.3 is 9.84 Å². The minimum atomic E-state index is -0.437. The predicted molar refractivity (Wildman–Crippen MR) is 84.1 cm³/mol. The number of alkyl halides is 1. The third-order valence-electron chi connectivity index (χ3n) is 3.18. The first kappa shape index (κ1) is 16.5. The number of rotatable bonds is 10. The molecular weight excluding hydrogens is 304 g/mol. The van der Waals surface area contributed by atoms with Gasteiger partial charge in [0, 0.05) is 5.33 Å². The van der Waals surface area contributed by atoms with Gasteiger partial charge in [0.15, 0.2) is 0 Å². The largest absolute Gasteiger partial charge is 0.494 e. The topological polar surface area (TPSA) is 29.5 Å². The number of halogens is 1. The van der Waals surface area contributed by atoms with Crippen molar-refractivity contribution in [2.45, 2.75) is 51.6 Å². The number of hydrogen-bond acceptors (Lipinski definition) is 2. The Morgan fingerprint density at radius 1 is 1.05 bits per heavy atom. The molecule has 0 bridgehead atoms. The Kier molecular flexibility index (Phi) is 8.93. The molecule has 19 heavy (non-hydrogen) atoms. The van der Waals surface area contributed by atoms with E-state index in [4.69, 9.17) is 4.74 Å². The van der Waals surface area contributed by atoms with Crippen molar-refractivity contribution >= 4 is 15.9 Å². The summed E-state index contributed by atoms with van der Waals surface area (Å²) in [7, 11) is 0. The average Bonchev–Trinajstić information content (AvgIpc) is 2.46. The van der Waals surface area contributed by atoms with E-state index in [1.165, 1.54) is 32.1 Å². The predicted octanol–water partition coefficient (Wildman–Crippen LogP) is 4.85. The molecule has 0 amide bonds. The first-order valence-corrected chi connectivity index (χ1v) is 8.37. The van der Waals surface area contributed by atoms with Gasteiger partial charge in [-0.2, -0.15) is 0 Å². The lowest BCUT2D eigenvalue weighted by Gasteiger charge is -2.09. The summed E-state index contributed by atoms with van der Waals surface area (Å²) in [5.74, 6) is 0.888. The number of aliphatic hydroxyl groups is 1. The Morgan fingerprint density at radius 3 is 2.32 bits per heavy atom. The Bertz CT molecular complexity index is 324. The normalized spacial score (nSPS) is 12.4. The van der Waals surface area contributed by atoms with Gasteiger partial charge in [-0.3, -0.25) is 0 Å². The summed E-state index contributed by atoms with van der Waals surface area (Å²) in [6, 6.07) is 7.70. The zero-order valence-corrected chi connectivity index (χ0v) is 13.4. The van der Waals surface area contributed by atoms with Crippen LogP contribution in [-0.4, -0.2) is 17.0 Å². The van der Waals surface area contributed by atoms with Gasteiger partial charge in [-0.1, -0.05) is 67.1 Å². The number of benzene rings is 1. The number of hydrogen-bond donors (Lipinski definition) is 1. The van der Waals surface area contributed by atoms with Crippen molar-refractivity contribution in [3.05, 3.63) is 29.8 Å². The number of unbranched alkanes of at least 4 members (excludes halogenated alkanes) is 5. The van der Waals surface area contributed by atoms with E-state index in [1.54, 1.807) is 0 Å². The van der Waals surface area contributed by atoms with Gasteiger partial charge in [0.05, 0.1) is 12.7 Å². The van der Waals surface area contributed by atoms with Crippen molar-refractivity contribution < 1.29 is 9.84 Å². The quantitative estimate of drug-likeness (QED) is 0.491. The molecule has 0 aliphatic rings. The molecule has 2 nitrogen and oxygen atoms in total. The van der Waals surface area contributed by atoms with E-state index < -0.39 is 6.10 Å². The molecule has 0 radical (unpaired) electrons. The maximum absolute atomic E-state index is 9.65. The molecular formula is C16H25BrO2. The molecule has 1 aromatic carbocycles. The third-order valence-corrected chi connectivity index (χ3v) is 3.79. The average molecular weight is 329 g/mol. The van der Waals surface area contributed by atoms with Gasteiger partial charge in [-0.15, -0.1) is 0 Å². The van der Waals surface area contributed by atoms with Crippen LogP contribution in [0.4, 0.5) is 0 Å². The van der Waals surface area contributed by atoms with Crippen LogP contribution in [-0.2, 0) is 0 Å². The van der Waals surface area contributed by atoms with Crippen LogP contribution in [0.5, 0.6) is 5.75 Å². The second-order valence-electron chi connectivity index (χ2n) is 4.86. The van der Waals surface area contributed by atoms with E-state index in [0.29, 0.717) is 5.33 Å². The van der Waals surface area contributed by atoms with E-state index in [0.717, 1.165) is 24.3 Å². The molecule has 0 aliphatic carbocycles. The van der Waals surface area contributed by atoms with Crippen molar-refractivity contribution in [1.82, 2.24) is 0 Å². The molecule has 1 N–H and O–H groups in total. The molecule has 0 saturated heterocycles. The molecule has 0 fully saturated rings. The Balaban J connectivity index is 2.16. The molecule has 0 saturated carbocycles. The maximum Gasteiger partial charge on any atom is 0.119 e. The van der Waals surface area contributed by atoms with Crippen LogP contribution in [0.25, 0.3) is 0 Å². The van der Waals surface area contributed by atoms with E-state index in [2.05, 4.69) is 22.9 Å². The van der Waals surface area contributed by atoms with Crippen LogP contribution in [0.1, 0.15) is 57.1 Å². The molecule has 1 unspecified atom stereocenters. The standard InChI is InChI=1S/C16H25BrO2/c1-2-3-4-5-6-7-12-19-15-10-8-14(9-11-15)16(18)13-17/h8-11,16,18H,2-7,12-13H2,1H3. The number of aliphatic hydroxyl groups excluding tert-OH is 1. The lowest BCUT2D eigenvalue weighted by Crippen LogP contribution is -2.00. The monoisotopic (exact) mass is 328 g/mol. The SMILES string of the molecule is CCCCCCCCOc1ccc(C(O)CBr)cc1. The van der Waals surface area contributed by atoms with Gasteiger partial charge in [-0.05, 0) is 24.1 Å². The highest BCUT2D eigenvalue weighted by Gasteiger charge is 2.04. The van der Waals surface area contributed by atoms with Crippen molar-refractivity contribution in [2.75, 3.05) is 11.9 Å². The Hall–Kier alpha value is -0.540. The highest BCUT2D eigenvalue weighted by Crippen LogP contribution is 2.19. The van der Waals surface area contributed by atoms with Crippen molar-refractivity contribution in [1.29, 1.82) is 0 Å². The highest BCUT2D eigenvalue weighted by atomic mass is 79.9. The molecule has 0 aromatic heterocycles. The minimum Gasteiger partial charge on any atom is -0.494 e. The fraction of sp³-hybridized carbons (Fsp3) is 0.625. The van der Waals surface area contributed by atoms with E-state index >= 15 is 0 Å². The molecule has 1 atom stereocenters. The van der Waals surface area contributed by atoms with Crippen molar-refractivity contribution in [2.24, 2.45) is 0 Å². The molecule has 108 valence electrons. The molecule has 1 aromatic rings. The van der Waals surface area contributed by atoms with Crippen LogP contribution in [0.15, 0.2) is 24.3 Å². The fourth-order valence-electron chi connectivity index (χ4n) is 1.95. The van der Waals surface area contributed by atoms with Gasteiger partial charge in [0.1, 0.15) is 5.75 Å². The first-order valence-electron chi connectivity index (χ1n) is 7.24. The second-order valence-corrected chi connectivity index (χ2v) is 5.50. The van der Waals surface area contributed by atoms with Gasteiger partial charge >= 0.3 is 0 Å². The van der Waals surface area contributed by atoms with Crippen LogP contribution in [0.3, 0.4) is 0 Å². The summed E-state index contributed by atoms with van der Waals surface area (Å²) in [4.78, 5) is 0. The zero-order valence-electron chi connectivity index (χ0n) is 11.8. The fourth-order valence-corrected chi connectivity index (χ4v) is 2.32. The van der Waals surface area contributed by atoms with Gasteiger partial charge in [0.2, 0.25) is 0 Å². The van der Waals surface area contributed by atoms with Crippen LogP contribution >= 0.6 is 15.9 Å². The summed E-state index contributed by atoms with van der Waals surface area (Å²) in [6.07, 6.45) is 7.23. The summed E-state index contributed by atoms with van der Waals surface area (Å²) >= 11 is 3.27. The molecule has 0 heterocycles. The summed E-state index contributed by atoms with van der Waals surface area (Å²) in [5.41, 5.74) is 0.920. The van der Waals surface area contributed by atoms with E-state index in [9.17, 15) is 5.11 Å². The van der Waals surface area contributed by atoms with Gasteiger partial charge in [-0.25, -0.2) is 0 Å². The second kappa shape index (κ2) is 10.3. The third kappa shape index (κ3) is 6.98. The van der Waals surface area contributed by atoms with Gasteiger partial charge in [0.25, 0.3) is 0 Å². The smallest absolute Gasteiger partial charge is 0.119 e. The highest BCUT2D eigenvalue weighted by molar-refractivity contribution is 9.09. The van der Waals surface area contributed by atoms with Crippen LogP contribution in [0.2, 0.25) is 0 Å². The lowest BCUT2D eigenvalue weighted by atomic mass is 10.1. The van der Waals surface area contributed by atoms with E-state index in [1.807, 2.05) is 24.3 Å². The summed E-state index contributed by atoms with van der Waals surface area (Å²) in [6.45, 7) is 3.02. The maximum atomic E-state index is 9.65. The summed E-state index contributed by atoms with van der Waals surface area (Å²) < 4.78 is 5.69. The molecule has 3 heteroatoms. The summed E-state index contributed by atoms with van der Waals surface area (Å²) in [5, 5.41) is 10.2. The lowest BCUT2D eigenvalue weighted by molar-refractivity contribution is 0.205. The van der Waals surface area contributed by atoms with E-state index in [-0.39, 0.29) is 0 Å². The minimum absolute atomic E-state index is 0.437. The van der Waals surface area contributed by atoms with Crippen LogP contribution in [0, 0.1) is 0 Å². The van der Waals surface area contributed by atoms with Crippen molar-refractivity contribution in [3.8, 4) is 5.75 Å². The van der Waals surface area contributed by atoms with Crippen LogP contribution < -0.4 is 4.74 Å². The number of ether oxygens (including phenoxy) is 1.